The molecule has 2 aromatic rings. The molecule has 0 N–H and O–H groups in total. The molecule has 0 aliphatic heterocycles. The molecule has 0 aromatic heterocycles. The van der Waals surface area contributed by atoms with Crippen LogP contribution >= 0.6 is 11.6 Å². The van der Waals surface area contributed by atoms with Gasteiger partial charge in [-0.2, -0.15) is 0 Å². The van der Waals surface area contributed by atoms with Crippen LogP contribution in [0.4, 0.5) is 5.69 Å². The Labute approximate surface area is 148 Å². The molecule has 0 aliphatic rings. The van der Waals surface area contributed by atoms with E-state index in [2.05, 4.69) is 4.74 Å². The minimum Gasteiger partial charge on any atom is -0.465 e. The zero-order valence-electron chi connectivity index (χ0n) is 13.6. The second-order valence-electron chi connectivity index (χ2n) is 5.30. The van der Waals surface area contributed by atoms with E-state index in [1.165, 1.54) is 11.0 Å². The van der Waals surface area contributed by atoms with Gasteiger partial charge in [0, 0.05) is 36.3 Å². The number of carbonyl (C=O) groups excluding carboxylic acids is 2. The summed E-state index contributed by atoms with van der Waals surface area (Å²) in [5.74, 6) is -1.21. The summed E-state index contributed by atoms with van der Waals surface area (Å²) >= 11 is 5.83. The molecule has 0 spiro atoms. The van der Waals surface area contributed by atoms with Gasteiger partial charge in [0.2, 0.25) is 0 Å². The van der Waals surface area contributed by atoms with Gasteiger partial charge in [-0.05, 0) is 23.8 Å². The molecule has 0 saturated carbocycles. The predicted molar refractivity (Wildman–Crippen MR) is 91.7 cm³/mol. The molecule has 0 radical (unpaired) electrons. The Bertz CT molecular complexity index is 820. The van der Waals surface area contributed by atoms with Crippen LogP contribution < -0.4 is 0 Å². The summed E-state index contributed by atoms with van der Waals surface area (Å²) in [7, 11) is 2.73. The van der Waals surface area contributed by atoms with E-state index in [1.54, 1.807) is 31.3 Å². The van der Waals surface area contributed by atoms with E-state index >= 15 is 0 Å². The first-order valence-electron chi connectivity index (χ1n) is 7.19. The lowest BCUT2D eigenvalue weighted by atomic mass is 10.1. The number of amides is 1. The molecular formula is C17H15ClN2O5. The highest BCUT2D eigenvalue weighted by Gasteiger charge is 2.20. The molecule has 25 heavy (non-hydrogen) atoms. The highest BCUT2D eigenvalue weighted by atomic mass is 35.5. The maximum Gasteiger partial charge on any atom is 0.338 e. The Morgan fingerprint density at radius 2 is 1.76 bits per heavy atom. The summed E-state index contributed by atoms with van der Waals surface area (Å²) in [6, 6.07) is 10.4. The first-order chi connectivity index (χ1) is 11.8. The van der Waals surface area contributed by atoms with Gasteiger partial charge < -0.3 is 9.64 Å². The Hall–Kier alpha value is -2.93. The van der Waals surface area contributed by atoms with Crippen molar-refractivity contribution < 1.29 is 19.2 Å². The fourth-order valence-electron chi connectivity index (χ4n) is 2.23. The van der Waals surface area contributed by atoms with E-state index in [1.807, 2.05) is 0 Å². The second-order valence-corrected chi connectivity index (χ2v) is 5.74. The summed E-state index contributed by atoms with van der Waals surface area (Å²) in [5, 5.41) is 11.6. The van der Waals surface area contributed by atoms with Crippen molar-refractivity contribution in [3.8, 4) is 0 Å². The minimum absolute atomic E-state index is 0.0334. The number of nitrogens with zero attached hydrogens (tertiary/aromatic N) is 2. The van der Waals surface area contributed by atoms with Crippen molar-refractivity contribution in [2.45, 2.75) is 6.54 Å². The van der Waals surface area contributed by atoms with Crippen molar-refractivity contribution in [3.63, 3.8) is 0 Å². The van der Waals surface area contributed by atoms with Crippen molar-refractivity contribution in [2.24, 2.45) is 0 Å². The normalized spacial score (nSPS) is 10.2. The van der Waals surface area contributed by atoms with Gasteiger partial charge in [0.25, 0.3) is 11.6 Å². The van der Waals surface area contributed by atoms with Crippen LogP contribution in [-0.4, -0.2) is 35.9 Å². The predicted octanol–water partition coefficient (Wildman–Crippen LogP) is 3.31. The first-order valence-corrected chi connectivity index (χ1v) is 7.57. The topological polar surface area (TPSA) is 89.8 Å². The highest BCUT2D eigenvalue weighted by Crippen LogP contribution is 2.20. The highest BCUT2D eigenvalue weighted by molar-refractivity contribution is 6.30. The molecule has 0 unspecified atom stereocenters. The molecule has 0 saturated heterocycles. The third-order valence-corrected chi connectivity index (χ3v) is 3.73. The van der Waals surface area contributed by atoms with E-state index in [-0.39, 0.29) is 23.4 Å². The van der Waals surface area contributed by atoms with Crippen molar-refractivity contribution in [1.29, 1.82) is 0 Å². The van der Waals surface area contributed by atoms with Gasteiger partial charge in [0.15, 0.2) is 0 Å². The number of methoxy groups -OCH3 is 1. The second kappa shape index (κ2) is 7.76. The lowest BCUT2D eigenvalue weighted by molar-refractivity contribution is -0.384. The summed E-state index contributed by atoms with van der Waals surface area (Å²) < 4.78 is 4.57. The van der Waals surface area contributed by atoms with E-state index in [0.29, 0.717) is 5.02 Å². The molecule has 1 amide bonds. The van der Waals surface area contributed by atoms with Crippen LogP contribution in [0.25, 0.3) is 0 Å². The van der Waals surface area contributed by atoms with E-state index < -0.39 is 16.8 Å². The Kier molecular flexibility index (Phi) is 5.71. The van der Waals surface area contributed by atoms with Crippen LogP contribution in [0.2, 0.25) is 5.02 Å². The lowest BCUT2D eigenvalue weighted by Crippen LogP contribution is -2.26. The summed E-state index contributed by atoms with van der Waals surface area (Å²) in [6.07, 6.45) is 0. The van der Waals surface area contributed by atoms with Crippen LogP contribution in [0, 0.1) is 10.1 Å². The number of carbonyl (C=O) groups is 2. The molecule has 0 fully saturated rings. The third kappa shape index (κ3) is 4.54. The van der Waals surface area contributed by atoms with Gasteiger partial charge >= 0.3 is 5.97 Å². The van der Waals surface area contributed by atoms with Crippen LogP contribution in [0.15, 0.2) is 42.5 Å². The number of nitro benzene ring substituents is 1. The molecule has 7 nitrogen and oxygen atoms in total. The summed E-state index contributed by atoms with van der Waals surface area (Å²) in [5.41, 5.74) is 0.469. The number of benzene rings is 2. The van der Waals surface area contributed by atoms with Crippen LogP contribution in [-0.2, 0) is 11.3 Å². The molecule has 0 heterocycles. The molecular weight excluding hydrogens is 348 g/mol. The van der Waals surface area contributed by atoms with Crippen LogP contribution in [0.5, 0.6) is 0 Å². The number of esters is 1. The summed E-state index contributed by atoms with van der Waals surface area (Å²) in [4.78, 5) is 36.0. The fourth-order valence-corrected chi connectivity index (χ4v) is 2.36. The zero-order valence-corrected chi connectivity index (χ0v) is 14.3. The minimum atomic E-state index is -0.752. The average molecular weight is 363 g/mol. The number of hydrogen-bond acceptors (Lipinski definition) is 5. The zero-order chi connectivity index (χ0) is 18.6. The van der Waals surface area contributed by atoms with Gasteiger partial charge in [0.05, 0.1) is 17.6 Å². The lowest BCUT2D eigenvalue weighted by Gasteiger charge is -2.17. The Morgan fingerprint density at radius 1 is 1.16 bits per heavy atom. The Morgan fingerprint density at radius 3 is 2.32 bits per heavy atom. The van der Waals surface area contributed by atoms with Crippen molar-refractivity contribution in [3.05, 3.63) is 74.3 Å². The monoisotopic (exact) mass is 362 g/mol. The molecule has 8 heteroatoms. The average Bonchev–Trinajstić information content (AvgIpc) is 2.61. The molecule has 130 valence electrons. The molecule has 2 aromatic carbocycles. The van der Waals surface area contributed by atoms with Gasteiger partial charge in [-0.1, -0.05) is 23.7 Å². The van der Waals surface area contributed by atoms with Crippen molar-refractivity contribution >= 4 is 29.2 Å². The number of halogens is 1. The van der Waals surface area contributed by atoms with E-state index in [9.17, 15) is 19.7 Å². The van der Waals surface area contributed by atoms with Gasteiger partial charge in [-0.15, -0.1) is 0 Å². The third-order valence-electron chi connectivity index (χ3n) is 3.48. The van der Waals surface area contributed by atoms with Gasteiger partial charge in [-0.3, -0.25) is 14.9 Å². The van der Waals surface area contributed by atoms with Crippen LogP contribution in [0.3, 0.4) is 0 Å². The maximum absolute atomic E-state index is 12.6. The maximum atomic E-state index is 12.6. The first kappa shape index (κ1) is 18.4. The molecule has 2 rings (SSSR count). The SMILES string of the molecule is COC(=O)c1cc(C(=O)N(C)Cc2ccc(Cl)cc2)cc([N+](=O)[O-])c1. The fraction of sp³-hybridized carbons (Fsp3) is 0.176. The smallest absolute Gasteiger partial charge is 0.338 e. The quantitative estimate of drug-likeness (QED) is 0.462. The van der Waals surface area contributed by atoms with Crippen molar-refractivity contribution in [1.82, 2.24) is 4.90 Å². The van der Waals surface area contributed by atoms with Gasteiger partial charge in [-0.25, -0.2) is 4.79 Å². The van der Waals surface area contributed by atoms with Gasteiger partial charge in [0.1, 0.15) is 0 Å². The molecule has 0 atom stereocenters. The van der Waals surface area contributed by atoms with E-state index in [0.717, 1.165) is 24.8 Å². The number of nitro groups is 1. The van der Waals surface area contributed by atoms with E-state index in [4.69, 9.17) is 11.6 Å². The Balaban J connectivity index is 2.30. The number of rotatable bonds is 5. The molecule has 0 aliphatic carbocycles. The number of non-ortho nitro benzene ring substituents is 1. The largest absolute Gasteiger partial charge is 0.465 e. The molecule has 0 bridgehead atoms. The summed E-state index contributed by atoms with van der Waals surface area (Å²) in [6.45, 7) is 0.284. The number of hydrogen-bond donors (Lipinski definition) is 0. The standard InChI is InChI=1S/C17H15ClN2O5/c1-19(10-11-3-5-14(18)6-4-11)16(21)12-7-13(17(22)25-2)9-15(8-12)20(23)24/h3-9H,10H2,1-2H3. The van der Waals surface area contributed by atoms with Crippen LogP contribution in [0.1, 0.15) is 26.3 Å². The number of ether oxygens (including phenoxy) is 1. The van der Waals surface area contributed by atoms with Crippen molar-refractivity contribution in [2.75, 3.05) is 14.2 Å².